The minimum Gasteiger partial charge on any atom is -0.359 e. The molecule has 0 bridgehead atoms. The van der Waals surface area contributed by atoms with Crippen LogP contribution in [0.15, 0.2) is 53.1 Å². The van der Waals surface area contributed by atoms with Crippen LogP contribution in [0.2, 0.25) is 0 Å². The number of benzene rings is 2. The van der Waals surface area contributed by atoms with Crippen LogP contribution in [0.4, 0.5) is 0 Å². The molecule has 160 valence electrons. The summed E-state index contributed by atoms with van der Waals surface area (Å²) in [5, 5.41) is 9.94. The molecule has 1 aromatic heterocycles. The summed E-state index contributed by atoms with van der Waals surface area (Å²) >= 11 is 0. The Morgan fingerprint density at radius 2 is 1.74 bits per heavy atom. The Morgan fingerprint density at radius 1 is 1.03 bits per heavy atom. The molecule has 4 rings (SSSR count). The summed E-state index contributed by atoms with van der Waals surface area (Å²) in [6.45, 7) is 3.93. The lowest BCUT2D eigenvalue weighted by Gasteiger charge is -2.18. The van der Waals surface area contributed by atoms with Crippen LogP contribution in [0.3, 0.4) is 0 Å². The van der Waals surface area contributed by atoms with Crippen molar-refractivity contribution in [2.24, 2.45) is 5.92 Å². The van der Waals surface area contributed by atoms with Gasteiger partial charge in [0.2, 0.25) is 17.6 Å². The molecule has 2 aromatic carbocycles. The SMILES string of the molecule is CNC(=O)C1CC(NC(=O)c2cc(C)cc(C)c2)C(c2nc(-c3ccccc3)no2)C1. The van der Waals surface area contributed by atoms with Gasteiger partial charge in [-0.25, -0.2) is 0 Å². The van der Waals surface area contributed by atoms with E-state index in [0.29, 0.717) is 30.1 Å². The zero-order valence-electron chi connectivity index (χ0n) is 17.9. The molecular weight excluding hydrogens is 392 g/mol. The van der Waals surface area contributed by atoms with Gasteiger partial charge in [-0.2, -0.15) is 4.98 Å². The minimum absolute atomic E-state index is 0.0454. The maximum Gasteiger partial charge on any atom is 0.251 e. The molecule has 3 atom stereocenters. The van der Waals surface area contributed by atoms with Crippen molar-refractivity contribution in [3.05, 3.63) is 71.1 Å². The van der Waals surface area contributed by atoms with E-state index in [0.717, 1.165) is 16.7 Å². The summed E-state index contributed by atoms with van der Waals surface area (Å²) in [6, 6.07) is 15.1. The molecule has 1 fully saturated rings. The predicted molar refractivity (Wildman–Crippen MR) is 116 cm³/mol. The van der Waals surface area contributed by atoms with E-state index in [9.17, 15) is 9.59 Å². The second-order valence-corrected chi connectivity index (χ2v) is 8.17. The van der Waals surface area contributed by atoms with Crippen LogP contribution in [0.5, 0.6) is 0 Å². The second kappa shape index (κ2) is 8.71. The topological polar surface area (TPSA) is 97.1 Å². The van der Waals surface area contributed by atoms with Gasteiger partial charge in [0, 0.05) is 30.1 Å². The highest BCUT2D eigenvalue weighted by atomic mass is 16.5. The standard InChI is InChI=1S/C24H26N4O3/c1-14-9-15(2)11-17(10-14)23(30)26-20-13-18(22(29)25-3)12-19(20)24-27-21(28-31-24)16-7-5-4-6-8-16/h4-11,18-20H,12-13H2,1-3H3,(H,25,29)(H,26,30). The van der Waals surface area contributed by atoms with E-state index in [-0.39, 0.29) is 29.7 Å². The zero-order chi connectivity index (χ0) is 22.0. The average Bonchev–Trinajstić information content (AvgIpc) is 3.40. The number of rotatable bonds is 5. The second-order valence-electron chi connectivity index (χ2n) is 8.17. The van der Waals surface area contributed by atoms with Crippen LogP contribution in [-0.4, -0.2) is 35.0 Å². The monoisotopic (exact) mass is 418 g/mol. The molecule has 7 heteroatoms. The van der Waals surface area contributed by atoms with Crippen molar-refractivity contribution in [3.63, 3.8) is 0 Å². The predicted octanol–water partition coefficient (Wildman–Crippen LogP) is 3.39. The summed E-state index contributed by atoms with van der Waals surface area (Å²) in [7, 11) is 1.62. The molecule has 0 aliphatic heterocycles. The highest BCUT2D eigenvalue weighted by Crippen LogP contribution is 2.39. The molecule has 2 amide bonds. The lowest BCUT2D eigenvalue weighted by atomic mass is 10.0. The number of nitrogens with zero attached hydrogens (tertiary/aromatic N) is 2. The molecular formula is C24H26N4O3. The summed E-state index contributed by atoms with van der Waals surface area (Å²) < 4.78 is 5.58. The lowest BCUT2D eigenvalue weighted by Crippen LogP contribution is -2.37. The molecule has 3 aromatic rings. The highest BCUT2D eigenvalue weighted by Gasteiger charge is 2.42. The van der Waals surface area contributed by atoms with E-state index in [1.54, 1.807) is 7.05 Å². The fraction of sp³-hybridized carbons (Fsp3) is 0.333. The van der Waals surface area contributed by atoms with E-state index < -0.39 is 0 Å². The zero-order valence-corrected chi connectivity index (χ0v) is 17.9. The molecule has 3 unspecified atom stereocenters. The Hall–Kier alpha value is -3.48. The van der Waals surface area contributed by atoms with Gasteiger partial charge < -0.3 is 15.2 Å². The first-order chi connectivity index (χ1) is 14.9. The van der Waals surface area contributed by atoms with Crippen molar-refractivity contribution in [2.45, 2.75) is 38.6 Å². The van der Waals surface area contributed by atoms with Crippen LogP contribution in [0.25, 0.3) is 11.4 Å². The average molecular weight is 418 g/mol. The number of hydrogen-bond acceptors (Lipinski definition) is 5. The Morgan fingerprint density at radius 3 is 2.42 bits per heavy atom. The maximum absolute atomic E-state index is 13.0. The molecule has 7 nitrogen and oxygen atoms in total. The van der Waals surface area contributed by atoms with Crippen LogP contribution in [-0.2, 0) is 4.79 Å². The minimum atomic E-state index is -0.278. The molecule has 1 saturated carbocycles. The van der Waals surface area contributed by atoms with Gasteiger partial charge in [0.25, 0.3) is 5.91 Å². The van der Waals surface area contributed by atoms with E-state index >= 15 is 0 Å². The number of aromatic nitrogens is 2. The van der Waals surface area contributed by atoms with Crippen LogP contribution >= 0.6 is 0 Å². The molecule has 31 heavy (non-hydrogen) atoms. The number of aryl methyl sites for hydroxylation is 2. The fourth-order valence-electron chi connectivity index (χ4n) is 4.34. The van der Waals surface area contributed by atoms with Gasteiger partial charge in [0.1, 0.15) is 0 Å². The van der Waals surface area contributed by atoms with Crippen molar-refractivity contribution in [1.29, 1.82) is 0 Å². The molecule has 0 saturated heterocycles. The largest absolute Gasteiger partial charge is 0.359 e. The van der Waals surface area contributed by atoms with Crippen molar-refractivity contribution in [1.82, 2.24) is 20.8 Å². The first-order valence-electron chi connectivity index (χ1n) is 10.4. The van der Waals surface area contributed by atoms with Crippen LogP contribution in [0.1, 0.15) is 46.1 Å². The summed E-state index contributed by atoms with van der Waals surface area (Å²) in [5.41, 5.74) is 3.52. The molecule has 0 radical (unpaired) electrons. The molecule has 2 N–H and O–H groups in total. The Labute approximate surface area is 181 Å². The van der Waals surface area contributed by atoms with Crippen LogP contribution < -0.4 is 10.6 Å². The first-order valence-corrected chi connectivity index (χ1v) is 10.4. The van der Waals surface area contributed by atoms with Crippen molar-refractivity contribution in [3.8, 4) is 11.4 Å². The van der Waals surface area contributed by atoms with E-state index in [4.69, 9.17) is 4.52 Å². The summed E-state index contributed by atoms with van der Waals surface area (Å²) in [6.07, 6.45) is 1.05. The Kier molecular flexibility index (Phi) is 5.84. The molecule has 1 aliphatic carbocycles. The van der Waals surface area contributed by atoms with Crippen LogP contribution in [0, 0.1) is 19.8 Å². The van der Waals surface area contributed by atoms with Gasteiger partial charge in [-0.05, 0) is 38.8 Å². The normalized spacial score (nSPS) is 20.4. The number of carbonyl (C=O) groups is 2. The van der Waals surface area contributed by atoms with E-state index in [1.807, 2.05) is 62.4 Å². The number of hydrogen-bond donors (Lipinski definition) is 2. The number of nitrogens with one attached hydrogen (secondary N) is 2. The quantitative estimate of drug-likeness (QED) is 0.662. The third-order valence-electron chi connectivity index (χ3n) is 5.77. The number of carbonyl (C=O) groups excluding carboxylic acids is 2. The van der Waals surface area contributed by atoms with Crippen molar-refractivity contribution in [2.75, 3.05) is 7.05 Å². The van der Waals surface area contributed by atoms with Gasteiger partial charge in [0.05, 0.1) is 5.92 Å². The van der Waals surface area contributed by atoms with Gasteiger partial charge in [-0.1, -0.05) is 52.7 Å². The Bertz CT molecular complexity index is 1070. The van der Waals surface area contributed by atoms with Gasteiger partial charge >= 0.3 is 0 Å². The maximum atomic E-state index is 13.0. The summed E-state index contributed by atoms with van der Waals surface area (Å²) in [4.78, 5) is 29.9. The smallest absolute Gasteiger partial charge is 0.251 e. The summed E-state index contributed by atoms with van der Waals surface area (Å²) in [5.74, 6) is 0.265. The molecule has 1 aliphatic rings. The van der Waals surface area contributed by atoms with Gasteiger partial charge in [-0.3, -0.25) is 9.59 Å². The number of amides is 2. The van der Waals surface area contributed by atoms with E-state index in [2.05, 4.69) is 20.8 Å². The third-order valence-corrected chi connectivity index (χ3v) is 5.77. The van der Waals surface area contributed by atoms with Gasteiger partial charge in [0.15, 0.2) is 0 Å². The first kappa shape index (κ1) is 20.8. The molecule has 0 spiro atoms. The lowest BCUT2D eigenvalue weighted by molar-refractivity contribution is -0.124. The fourth-order valence-corrected chi connectivity index (χ4v) is 4.34. The van der Waals surface area contributed by atoms with E-state index in [1.165, 1.54) is 0 Å². The Balaban J connectivity index is 1.59. The van der Waals surface area contributed by atoms with Crippen molar-refractivity contribution >= 4 is 11.8 Å². The molecule has 1 heterocycles. The highest BCUT2D eigenvalue weighted by molar-refractivity contribution is 5.95. The van der Waals surface area contributed by atoms with Crippen molar-refractivity contribution < 1.29 is 14.1 Å². The third kappa shape index (κ3) is 4.50. The van der Waals surface area contributed by atoms with Gasteiger partial charge in [-0.15, -0.1) is 0 Å².